The number of rotatable bonds is 4. The minimum atomic E-state index is 0.0430. The number of fused-ring (bicyclic) bond motifs is 5. The van der Waals surface area contributed by atoms with Crippen LogP contribution in [0.15, 0.2) is 12.4 Å². The first kappa shape index (κ1) is 11.5. The second kappa shape index (κ2) is 4.09. The van der Waals surface area contributed by atoms with Gasteiger partial charge >= 0.3 is 0 Å². The Balaban J connectivity index is 1.42. The van der Waals surface area contributed by atoms with Gasteiger partial charge in [-0.15, -0.1) is 0 Å². The number of hydrogen-bond donors (Lipinski definition) is 2. The van der Waals surface area contributed by atoms with E-state index in [1.807, 2.05) is 6.20 Å². The molecule has 0 spiro atoms. The molecule has 3 fully saturated rings. The molecule has 0 saturated heterocycles. The van der Waals surface area contributed by atoms with E-state index >= 15 is 0 Å². The van der Waals surface area contributed by atoms with Gasteiger partial charge in [0.2, 0.25) is 5.91 Å². The fourth-order valence-electron chi connectivity index (χ4n) is 4.78. The predicted octanol–water partition coefficient (Wildman–Crippen LogP) is 2.27. The maximum absolute atomic E-state index is 12.4. The highest BCUT2D eigenvalue weighted by Crippen LogP contribution is 2.69. The van der Waals surface area contributed by atoms with Crippen LogP contribution >= 0.6 is 0 Å². The Morgan fingerprint density at radius 2 is 2.21 bits per heavy atom. The molecule has 3 aliphatic carbocycles. The molecule has 1 heterocycles. The van der Waals surface area contributed by atoms with Crippen molar-refractivity contribution in [2.75, 3.05) is 0 Å². The zero-order valence-corrected chi connectivity index (χ0v) is 11.3. The SMILES string of the molecule is CCC(NC(=O)C1C2C3CCC(C3)C12)c1ncc[nH]1. The summed E-state index contributed by atoms with van der Waals surface area (Å²) in [7, 11) is 0. The normalized spacial score (nSPS) is 39.9. The summed E-state index contributed by atoms with van der Waals surface area (Å²) in [5.74, 6) is 4.61. The summed E-state index contributed by atoms with van der Waals surface area (Å²) in [4.78, 5) is 19.8. The number of carbonyl (C=O) groups is 1. The average Bonchev–Trinajstić information content (AvgIpc) is 2.85. The monoisotopic (exact) mass is 259 g/mol. The first-order valence-corrected chi connectivity index (χ1v) is 7.59. The standard InChI is InChI=1S/C15H21N3O/c1-2-10(14-16-5-6-17-14)18-15(19)13-11-8-3-4-9(7-8)12(11)13/h5-6,8-13H,2-4,7H2,1H3,(H,16,17)(H,18,19). The van der Waals surface area contributed by atoms with Gasteiger partial charge in [-0.05, 0) is 49.4 Å². The van der Waals surface area contributed by atoms with Gasteiger partial charge < -0.3 is 10.3 Å². The van der Waals surface area contributed by atoms with Crippen LogP contribution in [-0.2, 0) is 4.79 Å². The van der Waals surface area contributed by atoms with Gasteiger partial charge in [0.25, 0.3) is 0 Å². The molecule has 2 bridgehead atoms. The number of nitrogens with one attached hydrogen (secondary N) is 2. The van der Waals surface area contributed by atoms with E-state index in [1.54, 1.807) is 6.20 Å². The van der Waals surface area contributed by atoms with E-state index in [1.165, 1.54) is 19.3 Å². The minimum Gasteiger partial charge on any atom is -0.347 e. The molecule has 5 unspecified atom stereocenters. The quantitative estimate of drug-likeness (QED) is 0.871. The lowest BCUT2D eigenvalue weighted by atomic mass is 10.0. The summed E-state index contributed by atoms with van der Waals surface area (Å²) < 4.78 is 0. The number of H-pyrrole nitrogens is 1. The first-order valence-electron chi connectivity index (χ1n) is 7.59. The number of carbonyl (C=O) groups excluding carboxylic acids is 1. The van der Waals surface area contributed by atoms with Crippen molar-refractivity contribution in [1.82, 2.24) is 15.3 Å². The van der Waals surface area contributed by atoms with Gasteiger partial charge in [-0.3, -0.25) is 4.79 Å². The number of amides is 1. The fraction of sp³-hybridized carbons (Fsp3) is 0.733. The second-order valence-corrected chi connectivity index (χ2v) is 6.46. The Morgan fingerprint density at radius 1 is 1.47 bits per heavy atom. The second-order valence-electron chi connectivity index (χ2n) is 6.46. The molecule has 1 aromatic heterocycles. The molecule has 2 N–H and O–H groups in total. The van der Waals surface area contributed by atoms with Crippen LogP contribution in [0, 0.1) is 29.6 Å². The van der Waals surface area contributed by atoms with Crippen molar-refractivity contribution in [2.24, 2.45) is 29.6 Å². The zero-order valence-electron chi connectivity index (χ0n) is 11.3. The third-order valence-electron chi connectivity index (χ3n) is 5.61. The van der Waals surface area contributed by atoms with Crippen LogP contribution in [0.3, 0.4) is 0 Å². The van der Waals surface area contributed by atoms with Gasteiger partial charge in [-0.25, -0.2) is 4.98 Å². The van der Waals surface area contributed by atoms with E-state index < -0.39 is 0 Å². The summed E-state index contributed by atoms with van der Waals surface area (Å²) in [5.41, 5.74) is 0. The fourth-order valence-corrected chi connectivity index (χ4v) is 4.78. The van der Waals surface area contributed by atoms with Crippen molar-refractivity contribution in [3.63, 3.8) is 0 Å². The molecular weight excluding hydrogens is 238 g/mol. The lowest BCUT2D eigenvalue weighted by molar-refractivity contribution is -0.124. The highest BCUT2D eigenvalue weighted by atomic mass is 16.2. The molecule has 19 heavy (non-hydrogen) atoms. The molecule has 5 atom stereocenters. The van der Waals surface area contributed by atoms with Crippen molar-refractivity contribution in [2.45, 2.75) is 38.6 Å². The van der Waals surface area contributed by atoms with E-state index in [0.29, 0.717) is 17.8 Å². The number of imidazole rings is 1. The lowest BCUT2D eigenvalue weighted by Crippen LogP contribution is -2.31. The maximum atomic E-state index is 12.4. The number of aromatic amines is 1. The number of aromatic nitrogens is 2. The van der Waals surface area contributed by atoms with E-state index in [2.05, 4.69) is 22.2 Å². The number of nitrogens with zero attached hydrogens (tertiary/aromatic N) is 1. The van der Waals surface area contributed by atoms with Crippen LogP contribution < -0.4 is 5.32 Å². The zero-order chi connectivity index (χ0) is 13.0. The highest BCUT2D eigenvalue weighted by Gasteiger charge is 2.67. The first-order chi connectivity index (χ1) is 9.29. The van der Waals surface area contributed by atoms with Crippen LogP contribution in [-0.4, -0.2) is 15.9 Å². The minimum absolute atomic E-state index is 0.0430. The molecule has 1 amide bonds. The van der Waals surface area contributed by atoms with Gasteiger partial charge in [-0.1, -0.05) is 6.92 Å². The van der Waals surface area contributed by atoms with Crippen LogP contribution in [0.25, 0.3) is 0 Å². The summed E-state index contributed by atoms with van der Waals surface area (Å²) >= 11 is 0. The van der Waals surface area contributed by atoms with Crippen LogP contribution in [0.4, 0.5) is 0 Å². The summed E-state index contributed by atoms with van der Waals surface area (Å²) in [6.45, 7) is 2.09. The molecule has 1 aromatic rings. The van der Waals surface area contributed by atoms with Crippen LogP contribution in [0.2, 0.25) is 0 Å². The molecule has 102 valence electrons. The van der Waals surface area contributed by atoms with Gasteiger partial charge in [-0.2, -0.15) is 0 Å². The Morgan fingerprint density at radius 3 is 2.79 bits per heavy atom. The molecule has 4 heteroatoms. The van der Waals surface area contributed by atoms with Crippen molar-refractivity contribution in [3.05, 3.63) is 18.2 Å². The van der Waals surface area contributed by atoms with Gasteiger partial charge in [0.05, 0.1) is 6.04 Å². The van der Waals surface area contributed by atoms with Crippen molar-refractivity contribution >= 4 is 5.91 Å². The molecule has 4 rings (SSSR count). The third kappa shape index (κ3) is 1.65. The summed E-state index contributed by atoms with van der Waals surface area (Å²) in [5, 5.41) is 3.20. The third-order valence-corrected chi connectivity index (χ3v) is 5.61. The van der Waals surface area contributed by atoms with Gasteiger partial charge in [0, 0.05) is 18.3 Å². The van der Waals surface area contributed by atoms with E-state index in [4.69, 9.17) is 0 Å². The smallest absolute Gasteiger partial charge is 0.224 e. The van der Waals surface area contributed by atoms with E-state index in [9.17, 15) is 4.79 Å². The Labute approximate surface area is 113 Å². The van der Waals surface area contributed by atoms with E-state index in [-0.39, 0.29) is 11.9 Å². The van der Waals surface area contributed by atoms with Crippen LogP contribution in [0.1, 0.15) is 44.5 Å². The molecular formula is C15H21N3O. The summed E-state index contributed by atoms with van der Waals surface area (Å²) in [6, 6.07) is 0.0430. The van der Waals surface area contributed by atoms with Crippen molar-refractivity contribution in [3.8, 4) is 0 Å². The van der Waals surface area contributed by atoms with Crippen molar-refractivity contribution < 1.29 is 4.79 Å². The Bertz CT molecular complexity index is 468. The topological polar surface area (TPSA) is 57.8 Å². The molecule has 4 nitrogen and oxygen atoms in total. The highest BCUT2D eigenvalue weighted by molar-refractivity contribution is 5.83. The van der Waals surface area contributed by atoms with Crippen molar-refractivity contribution in [1.29, 1.82) is 0 Å². The molecule has 3 saturated carbocycles. The predicted molar refractivity (Wildman–Crippen MR) is 71.1 cm³/mol. The molecule has 3 aliphatic rings. The Hall–Kier alpha value is -1.32. The Kier molecular flexibility index (Phi) is 2.47. The largest absolute Gasteiger partial charge is 0.347 e. The van der Waals surface area contributed by atoms with E-state index in [0.717, 1.165) is 24.1 Å². The average molecular weight is 259 g/mol. The van der Waals surface area contributed by atoms with Gasteiger partial charge in [0.15, 0.2) is 0 Å². The molecule has 0 aromatic carbocycles. The molecule has 0 aliphatic heterocycles. The summed E-state index contributed by atoms with van der Waals surface area (Å²) in [6.07, 6.45) is 8.57. The lowest BCUT2D eigenvalue weighted by Gasteiger charge is -2.16. The maximum Gasteiger partial charge on any atom is 0.224 e. The van der Waals surface area contributed by atoms with Gasteiger partial charge in [0.1, 0.15) is 5.82 Å². The number of hydrogen-bond acceptors (Lipinski definition) is 2. The molecule has 0 radical (unpaired) electrons. The van der Waals surface area contributed by atoms with Crippen LogP contribution in [0.5, 0.6) is 0 Å².